The molecule has 0 aliphatic carbocycles. The van der Waals surface area contributed by atoms with E-state index in [2.05, 4.69) is 15.9 Å². The molecule has 18 heavy (non-hydrogen) atoms. The number of halogens is 1. The van der Waals surface area contributed by atoms with Crippen molar-refractivity contribution in [3.8, 4) is 5.75 Å². The van der Waals surface area contributed by atoms with E-state index in [0.717, 1.165) is 21.3 Å². The molecule has 0 aliphatic heterocycles. The fourth-order valence-corrected chi connectivity index (χ4v) is 2.05. The summed E-state index contributed by atoms with van der Waals surface area (Å²) in [5.74, 6) is 0.801. The molecule has 0 heterocycles. The Hall–Kier alpha value is -1.32. The lowest BCUT2D eigenvalue weighted by atomic mass is 10.0. The lowest BCUT2D eigenvalue weighted by Crippen LogP contribution is -2.01. The van der Waals surface area contributed by atoms with Crippen LogP contribution in [0.3, 0.4) is 0 Å². The van der Waals surface area contributed by atoms with Crippen LogP contribution in [0.25, 0.3) is 0 Å². The van der Waals surface area contributed by atoms with Crippen molar-refractivity contribution in [2.45, 2.75) is 12.5 Å². The lowest BCUT2D eigenvalue weighted by molar-refractivity contribution is 0.178. The van der Waals surface area contributed by atoms with Crippen molar-refractivity contribution in [3.63, 3.8) is 0 Å². The summed E-state index contributed by atoms with van der Waals surface area (Å²) >= 11 is 3.40. The number of benzene rings is 2. The third-order valence-electron chi connectivity index (χ3n) is 2.84. The van der Waals surface area contributed by atoms with Crippen LogP contribution in [-0.4, -0.2) is 12.2 Å². The Morgan fingerprint density at radius 2 is 1.67 bits per heavy atom. The van der Waals surface area contributed by atoms with Crippen LogP contribution >= 0.6 is 15.9 Å². The van der Waals surface area contributed by atoms with Crippen molar-refractivity contribution in [2.24, 2.45) is 0 Å². The Morgan fingerprint density at radius 3 is 2.22 bits per heavy atom. The fourth-order valence-electron chi connectivity index (χ4n) is 1.79. The Balaban J connectivity index is 2.06. The second kappa shape index (κ2) is 6.03. The average Bonchev–Trinajstić information content (AvgIpc) is 2.41. The van der Waals surface area contributed by atoms with Gasteiger partial charge in [0.15, 0.2) is 0 Å². The van der Waals surface area contributed by atoms with Crippen molar-refractivity contribution in [1.82, 2.24) is 0 Å². The van der Waals surface area contributed by atoms with Crippen LogP contribution in [0.2, 0.25) is 0 Å². The normalized spacial score (nSPS) is 12.2. The summed E-state index contributed by atoms with van der Waals surface area (Å²) in [5, 5.41) is 10.2. The van der Waals surface area contributed by atoms with Crippen LogP contribution < -0.4 is 4.74 Å². The summed E-state index contributed by atoms with van der Waals surface area (Å²) in [5.41, 5.74) is 2.01. The van der Waals surface area contributed by atoms with E-state index in [1.165, 1.54) is 0 Å². The van der Waals surface area contributed by atoms with Crippen molar-refractivity contribution < 1.29 is 9.84 Å². The first-order chi connectivity index (χ1) is 8.69. The van der Waals surface area contributed by atoms with Gasteiger partial charge in [-0.05, 0) is 35.4 Å². The molecule has 0 fully saturated rings. The molecule has 0 aromatic heterocycles. The number of hydrogen-bond acceptors (Lipinski definition) is 2. The predicted molar refractivity (Wildman–Crippen MR) is 75.8 cm³/mol. The first-order valence-electron chi connectivity index (χ1n) is 5.75. The van der Waals surface area contributed by atoms with Crippen molar-refractivity contribution in [1.29, 1.82) is 0 Å². The van der Waals surface area contributed by atoms with Crippen molar-refractivity contribution >= 4 is 15.9 Å². The summed E-state index contributed by atoms with van der Waals surface area (Å²) in [6.07, 6.45) is 0.122. The quantitative estimate of drug-likeness (QED) is 0.932. The minimum absolute atomic E-state index is 0.489. The summed E-state index contributed by atoms with van der Waals surface area (Å²) in [7, 11) is 1.63. The highest BCUT2D eigenvalue weighted by Gasteiger charge is 2.08. The van der Waals surface area contributed by atoms with E-state index in [0.29, 0.717) is 6.42 Å². The van der Waals surface area contributed by atoms with Gasteiger partial charge in [0, 0.05) is 10.9 Å². The Kier molecular flexibility index (Phi) is 4.39. The largest absolute Gasteiger partial charge is 0.497 e. The van der Waals surface area contributed by atoms with Gasteiger partial charge in [0.25, 0.3) is 0 Å². The van der Waals surface area contributed by atoms with E-state index in [9.17, 15) is 5.11 Å². The molecule has 1 N–H and O–H groups in total. The molecule has 2 aromatic carbocycles. The van der Waals surface area contributed by atoms with Crippen molar-refractivity contribution in [3.05, 3.63) is 64.1 Å². The zero-order valence-corrected chi connectivity index (χ0v) is 11.7. The molecule has 3 heteroatoms. The first-order valence-corrected chi connectivity index (χ1v) is 6.55. The van der Waals surface area contributed by atoms with Crippen LogP contribution in [-0.2, 0) is 6.42 Å². The molecule has 0 unspecified atom stereocenters. The van der Waals surface area contributed by atoms with E-state index in [1.807, 2.05) is 48.5 Å². The maximum absolute atomic E-state index is 10.2. The van der Waals surface area contributed by atoms with Gasteiger partial charge in [0.05, 0.1) is 13.2 Å². The Labute approximate surface area is 115 Å². The van der Waals surface area contributed by atoms with E-state index in [-0.39, 0.29) is 0 Å². The molecule has 0 saturated carbocycles. The van der Waals surface area contributed by atoms with Gasteiger partial charge in [-0.1, -0.05) is 40.2 Å². The average molecular weight is 307 g/mol. The van der Waals surface area contributed by atoms with Crippen LogP contribution in [0.1, 0.15) is 17.2 Å². The van der Waals surface area contributed by atoms with E-state index in [1.54, 1.807) is 7.11 Å². The van der Waals surface area contributed by atoms with Crippen LogP contribution in [0.15, 0.2) is 53.0 Å². The molecule has 0 radical (unpaired) electrons. The van der Waals surface area contributed by atoms with E-state index >= 15 is 0 Å². The molecule has 94 valence electrons. The molecule has 1 atom stereocenters. The molecule has 2 nitrogen and oxygen atoms in total. The smallest absolute Gasteiger partial charge is 0.118 e. The Bertz CT molecular complexity index is 491. The second-order valence-corrected chi connectivity index (χ2v) is 5.04. The lowest BCUT2D eigenvalue weighted by Gasteiger charge is -2.11. The molecule has 0 amide bonds. The van der Waals surface area contributed by atoms with Crippen LogP contribution in [0.5, 0.6) is 5.75 Å². The van der Waals surface area contributed by atoms with Gasteiger partial charge in [0.2, 0.25) is 0 Å². The topological polar surface area (TPSA) is 29.5 Å². The highest BCUT2D eigenvalue weighted by atomic mass is 79.9. The predicted octanol–water partition coefficient (Wildman–Crippen LogP) is 3.73. The van der Waals surface area contributed by atoms with Gasteiger partial charge in [-0.25, -0.2) is 0 Å². The number of hydrogen-bond donors (Lipinski definition) is 1. The van der Waals surface area contributed by atoms with Gasteiger partial charge >= 0.3 is 0 Å². The molecular weight excluding hydrogens is 292 g/mol. The summed E-state index contributed by atoms with van der Waals surface area (Å²) < 4.78 is 6.14. The monoisotopic (exact) mass is 306 g/mol. The molecule has 0 saturated heterocycles. The number of rotatable bonds is 4. The molecule has 2 aromatic rings. The highest BCUT2D eigenvalue weighted by Crippen LogP contribution is 2.21. The van der Waals surface area contributed by atoms with E-state index < -0.39 is 6.10 Å². The zero-order valence-electron chi connectivity index (χ0n) is 10.1. The van der Waals surface area contributed by atoms with Gasteiger partial charge in [-0.2, -0.15) is 0 Å². The van der Waals surface area contributed by atoms with Crippen LogP contribution in [0.4, 0.5) is 0 Å². The zero-order chi connectivity index (χ0) is 13.0. The molecule has 0 spiro atoms. The SMILES string of the molecule is COc1ccc([C@H](O)Cc2ccc(Br)cc2)cc1. The van der Waals surface area contributed by atoms with Gasteiger partial charge < -0.3 is 9.84 Å². The number of ether oxygens (including phenoxy) is 1. The third-order valence-corrected chi connectivity index (χ3v) is 3.37. The fraction of sp³-hybridized carbons (Fsp3) is 0.200. The standard InChI is InChI=1S/C15H15BrO2/c1-18-14-8-4-12(5-9-14)15(17)10-11-2-6-13(16)7-3-11/h2-9,15,17H,10H2,1H3/t15-/m1/s1. The third kappa shape index (κ3) is 3.34. The molecule has 0 aliphatic rings. The van der Waals surface area contributed by atoms with E-state index in [4.69, 9.17) is 4.74 Å². The maximum Gasteiger partial charge on any atom is 0.118 e. The molecular formula is C15H15BrO2. The molecule has 0 bridgehead atoms. The maximum atomic E-state index is 10.2. The molecule has 2 rings (SSSR count). The highest BCUT2D eigenvalue weighted by molar-refractivity contribution is 9.10. The number of aliphatic hydroxyl groups is 1. The van der Waals surface area contributed by atoms with Crippen LogP contribution in [0, 0.1) is 0 Å². The van der Waals surface area contributed by atoms with Gasteiger partial charge in [0.1, 0.15) is 5.75 Å². The minimum Gasteiger partial charge on any atom is -0.497 e. The minimum atomic E-state index is -0.489. The second-order valence-electron chi connectivity index (χ2n) is 4.12. The summed E-state index contributed by atoms with van der Waals surface area (Å²) in [4.78, 5) is 0. The van der Waals surface area contributed by atoms with Crippen molar-refractivity contribution in [2.75, 3.05) is 7.11 Å². The summed E-state index contributed by atoms with van der Waals surface area (Å²) in [6, 6.07) is 15.5. The first kappa shape index (κ1) is 13.1. The van der Waals surface area contributed by atoms with Gasteiger partial charge in [-0.3, -0.25) is 0 Å². The number of aliphatic hydroxyl groups excluding tert-OH is 1. The summed E-state index contributed by atoms with van der Waals surface area (Å²) in [6.45, 7) is 0. The number of methoxy groups -OCH3 is 1. The Morgan fingerprint density at radius 1 is 1.06 bits per heavy atom. The van der Waals surface area contributed by atoms with Gasteiger partial charge in [-0.15, -0.1) is 0 Å².